The molecule has 0 radical (unpaired) electrons. The predicted molar refractivity (Wildman–Crippen MR) is 119 cm³/mol. The smallest absolute Gasteiger partial charge is 0.152 e. The van der Waals surface area contributed by atoms with Crippen molar-refractivity contribution in [2.45, 2.75) is 37.0 Å². The van der Waals surface area contributed by atoms with E-state index in [4.69, 9.17) is 21.6 Å². The zero-order chi connectivity index (χ0) is 19.9. The van der Waals surface area contributed by atoms with Gasteiger partial charge < -0.3 is 5.32 Å². The SMILES string of the molecule is Cc1sc2nc(CSc3ccc(Cl)cc3)nc(NC3CCS(=O)(=O)C3)c2c1C. The summed E-state index contributed by atoms with van der Waals surface area (Å²) < 4.78 is 23.7. The van der Waals surface area contributed by atoms with Crippen LogP contribution in [-0.4, -0.2) is 35.9 Å². The number of halogens is 1. The minimum atomic E-state index is -2.95. The molecule has 4 rings (SSSR count). The van der Waals surface area contributed by atoms with Gasteiger partial charge in [0, 0.05) is 20.8 Å². The van der Waals surface area contributed by atoms with Crippen molar-refractivity contribution in [3.05, 3.63) is 45.6 Å². The van der Waals surface area contributed by atoms with E-state index in [9.17, 15) is 8.42 Å². The minimum absolute atomic E-state index is 0.0977. The molecule has 2 aromatic heterocycles. The summed E-state index contributed by atoms with van der Waals surface area (Å²) >= 11 is 9.25. The molecule has 1 N–H and O–H groups in total. The Bertz CT molecular complexity index is 1130. The van der Waals surface area contributed by atoms with Gasteiger partial charge in [-0.05, 0) is 50.1 Å². The van der Waals surface area contributed by atoms with Crippen LogP contribution in [0.15, 0.2) is 29.2 Å². The molecule has 1 aliphatic rings. The lowest BCUT2D eigenvalue weighted by Gasteiger charge is -2.14. The van der Waals surface area contributed by atoms with Gasteiger partial charge in [-0.2, -0.15) is 0 Å². The van der Waals surface area contributed by atoms with Gasteiger partial charge in [0.25, 0.3) is 0 Å². The van der Waals surface area contributed by atoms with Crippen LogP contribution < -0.4 is 5.32 Å². The highest BCUT2D eigenvalue weighted by atomic mass is 35.5. The summed E-state index contributed by atoms with van der Waals surface area (Å²) in [6.07, 6.45) is 0.616. The summed E-state index contributed by atoms with van der Waals surface area (Å²) in [5, 5.41) is 5.11. The number of hydrogen-bond donors (Lipinski definition) is 1. The number of thiophene rings is 1. The largest absolute Gasteiger partial charge is 0.366 e. The number of nitrogens with zero attached hydrogens (tertiary/aromatic N) is 2. The van der Waals surface area contributed by atoms with E-state index in [2.05, 4.69) is 19.2 Å². The number of fused-ring (bicyclic) bond motifs is 1. The minimum Gasteiger partial charge on any atom is -0.366 e. The molecule has 0 spiro atoms. The summed E-state index contributed by atoms with van der Waals surface area (Å²) in [6.45, 7) is 4.14. The highest BCUT2D eigenvalue weighted by Gasteiger charge is 2.29. The molecule has 1 fully saturated rings. The first-order valence-electron chi connectivity index (χ1n) is 8.93. The van der Waals surface area contributed by atoms with E-state index in [-0.39, 0.29) is 17.5 Å². The highest BCUT2D eigenvalue weighted by Crippen LogP contribution is 2.35. The average Bonchev–Trinajstić information content (AvgIpc) is 3.13. The van der Waals surface area contributed by atoms with Crippen LogP contribution in [-0.2, 0) is 15.6 Å². The van der Waals surface area contributed by atoms with Gasteiger partial charge in [0.15, 0.2) is 9.84 Å². The molecule has 1 aliphatic heterocycles. The van der Waals surface area contributed by atoms with Gasteiger partial charge in [-0.25, -0.2) is 18.4 Å². The van der Waals surface area contributed by atoms with Crippen LogP contribution in [0.5, 0.6) is 0 Å². The normalized spacial score (nSPS) is 18.6. The Labute approximate surface area is 177 Å². The summed E-state index contributed by atoms with van der Waals surface area (Å²) in [4.78, 5) is 12.8. The summed E-state index contributed by atoms with van der Waals surface area (Å²) in [7, 11) is -2.95. The van der Waals surface area contributed by atoms with Gasteiger partial charge >= 0.3 is 0 Å². The number of aryl methyl sites for hydroxylation is 2. The lowest BCUT2D eigenvalue weighted by molar-refractivity contribution is 0.602. The maximum Gasteiger partial charge on any atom is 0.152 e. The van der Waals surface area contributed by atoms with Crippen LogP contribution in [0, 0.1) is 13.8 Å². The number of thioether (sulfide) groups is 1. The van der Waals surface area contributed by atoms with Gasteiger partial charge in [0.05, 0.1) is 22.6 Å². The van der Waals surface area contributed by atoms with Crippen molar-refractivity contribution in [3.8, 4) is 0 Å². The van der Waals surface area contributed by atoms with E-state index >= 15 is 0 Å². The van der Waals surface area contributed by atoms with E-state index in [0.717, 1.165) is 32.3 Å². The molecule has 1 unspecified atom stereocenters. The molecule has 1 saturated heterocycles. The lowest BCUT2D eigenvalue weighted by atomic mass is 10.2. The third-order valence-electron chi connectivity index (χ3n) is 4.83. The van der Waals surface area contributed by atoms with Crippen molar-refractivity contribution < 1.29 is 8.42 Å². The molecule has 148 valence electrons. The summed E-state index contributed by atoms with van der Waals surface area (Å²) in [6, 6.07) is 7.60. The van der Waals surface area contributed by atoms with E-state index in [1.165, 1.54) is 4.88 Å². The fraction of sp³-hybridized carbons (Fsp3) is 0.368. The van der Waals surface area contributed by atoms with E-state index in [1.807, 2.05) is 24.3 Å². The Morgan fingerprint density at radius 1 is 1.25 bits per heavy atom. The number of sulfone groups is 1. The maximum absolute atomic E-state index is 11.8. The Morgan fingerprint density at radius 3 is 2.68 bits per heavy atom. The second-order valence-electron chi connectivity index (χ2n) is 6.94. The number of nitrogens with one attached hydrogen (secondary N) is 1. The molecule has 0 amide bonds. The van der Waals surface area contributed by atoms with Crippen molar-refractivity contribution >= 4 is 60.6 Å². The number of rotatable bonds is 5. The summed E-state index contributed by atoms with van der Waals surface area (Å²) in [5.74, 6) is 2.51. The zero-order valence-electron chi connectivity index (χ0n) is 15.5. The molecule has 0 aliphatic carbocycles. The third kappa shape index (κ3) is 4.30. The Morgan fingerprint density at radius 2 is 2.00 bits per heavy atom. The second kappa shape index (κ2) is 7.82. The molecular formula is C19H20ClN3O2S3. The lowest BCUT2D eigenvalue weighted by Crippen LogP contribution is -2.21. The van der Waals surface area contributed by atoms with Crippen molar-refractivity contribution in [3.63, 3.8) is 0 Å². The average molecular weight is 454 g/mol. The van der Waals surface area contributed by atoms with E-state index in [1.54, 1.807) is 23.1 Å². The molecule has 1 atom stereocenters. The van der Waals surface area contributed by atoms with E-state index < -0.39 is 9.84 Å². The molecular weight excluding hydrogens is 434 g/mol. The van der Waals surface area contributed by atoms with Crippen molar-refractivity contribution in [1.29, 1.82) is 0 Å². The molecule has 0 bridgehead atoms. The van der Waals surface area contributed by atoms with Gasteiger partial charge in [0.1, 0.15) is 16.5 Å². The number of aromatic nitrogens is 2. The Hall–Kier alpha value is -1.35. The fourth-order valence-electron chi connectivity index (χ4n) is 3.24. The summed E-state index contributed by atoms with van der Waals surface area (Å²) in [5.41, 5.74) is 1.15. The number of benzene rings is 1. The third-order valence-corrected chi connectivity index (χ3v) is 8.96. The topological polar surface area (TPSA) is 72.0 Å². The number of anilines is 1. The van der Waals surface area contributed by atoms with Crippen LogP contribution in [0.4, 0.5) is 5.82 Å². The predicted octanol–water partition coefficient (Wildman–Crippen LogP) is 4.85. The quantitative estimate of drug-likeness (QED) is 0.556. The molecule has 1 aromatic carbocycles. The van der Waals surface area contributed by atoms with Crippen molar-refractivity contribution in [2.75, 3.05) is 16.8 Å². The Kier molecular flexibility index (Phi) is 5.57. The monoisotopic (exact) mass is 453 g/mol. The molecule has 3 heterocycles. The maximum atomic E-state index is 11.8. The van der Waals surface area contributed by atoms with Crippen LogP contribution in [0.2, 0.25) is 5.02 Å². The highest BCUT2D eigenvalue weighted by molar-refractivity contribution is 7.98. The van der Waals surface area contributed by atoms with Crippen LogP contribution in [0.1, 0.15) is 22.7 Å². The van der Waals surface area contributed by atoms with Crippen LogP contribution in [0.25, 0.3) is 10.2 Å². The standard InChI is InChI=1S/C19H20ClN3O2S3/c1-11-12(2)27-19-17(11)18(21-14-7-8-28(24,25)10-14)22-16(23-19)9-26-15-5-3-13(20)4-6-15/h3-6,14H,7-10H2,1-2H3,(H,21,22,23). The molecule has 0 saturated carbocycles. The van der Waals surface area contributed by atoms with Gasteiger partial charge in [-0.15, -0.1) is 23.1 Å². The fourth-order valence-corrected chi connectivity index (χ4v) is 6.84. The first-order chi connectivity index (χ1) is 13.3. The first-order valence-corrected chi connectivity index (χ1v) is 12.9. The van der Waals surface area contributed by atoms with Gasteiger partial charge in [0.2, 0.25) is 0 Å². The molecule has 5 nitrogen and oxygen atoms in total. The van der Waals surface area contributed by atoms with Gasteiger partial charge in [-0.1, -0.05) is 11.6 Å². The molecule has 28 heavy (non-hydrogen) atoms. The van der Waals surface area contributed by atoms with E-state index in [0.29, 0.717) is 17.2 Å². The molecule has 3 aromatic rings. The van der Waals surface area contributed by atoms with Crippen molar-refractivity contribution in [2.24, 2.45) is 0 Å². The van der Waals surface area contributed by atoms with Crippen LogP contribution >= 0.6 is 34.7 Å². The van der Waals surface area contributed by atoms with Crippen molar-refractivity contribution in [1.82, 2.24) is 9.97 Å². The molecule has 9 heteroatoms. The van der Waals surface area contributed by atoms with Crippen LogP contribution in [0.3, 0.4) is 0 Å². The Balaban J connectivity index is 1.63. The second-order valence-corrected chi connectivity index (χ2v) is 11.9. The number of hydrogen-bond acceptors (Lipinski definition) is 7. The zero-order valence-corrected chi connectivity index (χ0v) is 18.7. The van der Waals surface area contributed by atoms with Gasteiger partial charge in [-0.3, -0.25) is 0 Å². The first kappa shape index (κ1) is 19.9.